The van der Waals surface area contributed by atoms with Gasteiger partial charge < -0.3 is 10.2 Å². The Labute approximate surface area is 143 Å². The van der Waals surface area contributed by atoms with E-state index in [0.29, 0.717) is 18.7 Å². The van der Waals surface area contributed by atoms with E-state index < -0.39 is 0 Å². The first kappa shape index (κ1) is 16.2. The van der Waals surface area contributed by atoms with Gasteiger partial charge in [-0.25, -0.2) is 15.0 Å². The van der Waals surface area contributed by atoms with Gasteiger partial charge in [0.15, 0.2) is 0 Å². The zero-order chi connectivity index (χ0) is 16.1. The van der Waals surface area contributed by atoms with Crippen LogP contribution in [0.15, 0.2) is 22.1 Å². The molecule has 23 heavy (non-hydrogen) atoms. The molecular weight excluding hydrogens is 330 g/mol. The lowest BCUT2D eigenvalue weighted by molar-refractivity contribution is 0.0949. The van der Waals surface area contributed by atoms with E-state index in [1.807, 2.05) is 12.3 Å². The molecule has 1 aliphatic heterocycles. The predicted octanol–water partition coefficient (Wildman–Crippen LogP) is 2.23. The van der Waals surface area contributed by atoms with E-state index in [2.05, 4.69) is 25.2 Å². The highest BCUT2D eigenvalue weighted by Crippen LogP contribution is 2.20. The first-order chi connectivity index (χ1) is 11.3. The van der Waals surface area contributed by atoms with Gasteiger partial charge in [-0.05, 0) is 19.1 Å². The van der Waals surface area contributed by atoms with E-state index in [9.17, 15) is 4.79 Å². The molecule has 122 valence electrons. The molecule has 8 heteroatoms. The molecule has 0 bridgehead atoms. The van der Waals surface area contributed by atoms with Gasteiger partial charge in [0.2, 0.25) is 0 Å². The van der Waals surface area contributed by atoms with E-state index in [1.165, 1.54) is 24.2 Å². The summed E-state index contributed by atoms with van der Waals surface area (Å²) >= 11 is 3.04. The van der Waals surface area contributed by atoms with Crippen LogP contribution in [0.2, 0.25) is 0 Å². The van der Waals surface area contributed by atoms with Crippen LogP contribution in [0.25, 0.3) is 0 Å². The highest BCUT2D eigenvalue weighted by atomic mass is 32.2. The van der Waals surface area contributed by atoms with Crippen molar-refractivity contribution in [2.75, 3.05) is 30.8 Å². The first-order valence-corrected chi connectivity index (χ1v) is 9.70. The zero-order valence-electron chi connectivity index (χ0n) is 13.0. The fourth-order valence-corrected chi connectivity index (χ4v) is 3.73. The Morgan fingerprint density at radius 2 is 2.22 bits per heavy atom. The topological polar surface area (TPSA) is 71.0 Å². The minimum atomic E-state index is -0.129. The molecule has 3 rings (SSSR count). The van der Waals surface area contributed by atoms with Crippen LogP contribution in [0, 0.1) is 0 Å². The Hall–Kier alpha value is -1.67. The number of nitrogens with zero attached hydrogens (tertiary/aromatic N) is 4. The van der Waals surface area contributed by atoms with Crippen molar-refractivity contribution in [3.8, 4) is 0 Å². The SMILES string of the molecule is CSc1nc(C(=O)NCCc2cc(N3CCCC3)ncn2)cs1. The summed E-state index contributed by atoms with van der Waals surface area (Å²) in [6.07, 6.45) is 6.69. The Morgan fingerprint density at radius 3 is 2.96 bits per heavy atom. The molecule has 0 atom stereocenters. The molecule has 2 aromatic heterocycles. The van der Waals surface area contributed by atoms with E-state index >= 15 is 0 Å². The lowest BCUT2D eigenvalue weighted by Gasteiger charge is -2.16. The monoisotopic (exact) mass is 349 g/mol. The molecule has 6 nitrogen and oxygen atoms in total. The average Bonchev–Trinajstić information content (AvgIpc) is 3.26. The minimum Gasteiger partial charge on any atom is -0.357 e. The lowest BCUT2D eigenvalue weighted by Crippen LogP contribution is -2.26. The van der Waals surface area contributed by atoms with Crippen LogP contribution >= 0.6 is 23.1 Å². The van der Waals surface area contributed by atoms with Crippen LogP contribution in [0.3, 0.4) is 0 Å². The molecule has 1 fully saturated rings. The van der Waals surface area contributed by atoms with Crippen molar-refractivity contribution in [3.05, 3.63) is 29.2 Å². The Bertz CT molecular complexity index is 669. The van der Waals surface area contributed by atoms with Crippen molar-refractivity contribution in [1.29, 1.82) is 0 Å². The molecular formula is C15H19N5OS2. The van der Waals surface area contributed by atoms with Gasteiger partial charge in [-0.2, -0.15) is 0 Å². The maximum absolute atomic E-state index is 12.0. The summed E-state index contributed by atoms with van der Waals surface area (Å²) in [4.78, 5) is 27.2. The second kappa shape index (κ2) is 7.74. The number of carbonyl (C=O) groups is 1. The number of amides is 1. The third-order valence-electron chi connectivity index (χ3n) is 3.70. The quantitative estimate of drug-likeness (QED) is 0.807. The number of hydrogen-bond acceptors (Lipinski definition) is 7. The molecule has 0 radical (unpaired) electrons. The van der Waals surface area contributed by atoms with Gasteiger partial charge in [0.25, 0.3) is 5.91 Å². The van der Waals surface area contributed by atoms with Crippen molar-refractivity contribution in [3.63, 3.8) is 0 Å². The molecule has 0 aromatic carbocycles. The van der Waals surface area contributed by atoms with Gasteiger partial charge in [-0.3, -0.25) is 4.79 Å². The largest absolute Gasteiger partial charge is 0.357 e. The Morgan fingerprint density at radius 1 is 1.39 bits per heavy atom. The number of rotatable bonds is 6. The van der Waals surface area contributed by atoms with Crippen LogP contribution < -0.4 is 10.2 Å². The van der Waals surface area contributed by atoms with Crippen molar-refractivity contribution in [1.82, 2.24) is 20.3 Å². The third-order valence-corrected chi connectivity index (χ3v) is 5.56. The average molecular weight is 349 g/mol. The predicted molar refractivity (Wildman–Crippen MR) is 93.4 cm³/mol. The molecule has 0 saturated carbocycles. The maximum atomic E-state index is 12.0. The fourth-order valence-electron chi connectivity index (χ4n) is 2.49. The Balaban J connectivity index is 1.52. The molecule has 3 heterocycles. The molecule has 0 aliphatic carbocycles. The third kappa shape index (κ3) is 4.20. The number of thioether (sulfide) groups is 1. The van der Waals surface area contributed by atoms with Crippen molar-refractivity contribution in [2.24, 2.45) is 0 Å². The number of anilines is 1. The second-order valence-corrected chi connectivity index (χ2v) is 7.18. The Kier molecular flexibility index (Phi) is 5.45. The van der Waals surface area contributed by atoms with Gasteiger partial charge >= 0.3 is 0 Å². The number of aromatic nitrogens is 3. The summed E-state index contributed by atoms with van der Waals surface area (Å²) < 4.78 is 0.904. The van der Waals surface area contributed by atoms with Crippen LogP contribution in [0.4, 0.5) is 5.82 Å². The van der Waals surface area contributed by atoms with Crippen LogP contribution in [-0.2, 0) is 6.42 Å². The minimum absolute atomic E-state index is 0.129. The van der Waals surface area contributed by atoms with Gasteiger partial charge in [0.05, 0.1) is 0 Å². The van der Waals surface area contributed by atoms with Crippen LogP contribution in [0.5, 0.6) is 0 Å². The summed E-state index contributed by atoms with van der Waals surface area (Å²) in [5.41, 5.74) is 1.44. The number of hydrogen-bond donors (Lipinski definition) is 1. The summed E-state index contributed by atoms with van der Waals surface area (Å²) in [7, 11) is 0. The number of thiazole rings is 1. The van der Waals surface area contributed by atoms with Gasteiger partial charge in [0.1, 0.15) is 22.2 Å². The van der Waals surface area contributed by atoms with Crippen molar-refractivity contribution in [2.45, 2.75) is 23.6 Å². The molecule has 1 saturated heterocycles. The fraction of sp³-hybridized carbons (Fsp3) is 0.467. The smallest absolute Gasteiger partial charge is 0.270 e. The highest BCUT2D eigenvalue weighted by Gasteiger charge is 2.14. The lowest BCUT2D eigenvalue weighted by atomic mass is 10.3. The summed E-state index contributed by atoms with van der Waals surface area (Å²) in [6, 6.07) is 2.02. The normalized spacial score (nSPS) is 14.2. The van der Waals surface area contributed by atoms with Gasteiger partial charge in [0, 0.05) is 43.2 Å². The molecule has 0 unspecified atom stereocenters. The zero-order valence-corrected chi connectivity index (χ0v) is 14.6. The van der Waals surface area contributed by atoms with Gasteiger partial charge in [-0.1, -0.05) is 11.8 Å². The molecule has 0 spiro atoms. The molecule has 1 aliphatic rings. The summed E-state index contributed by atoms with van der Waals surface area (Å²) in [6.45, 7) is 2.67. The number of nitrogens with one attached hydrogen (secondary N) is 1. The van der Waals surface area contributed by atoms with Crippen molar-refractivity contribution < 1.29 is 4.79 Å². The summed E-state index contributed by atoms with van der Waals surface area (Å²) in [5.74, 6) is 0.860. The number of carbonyl (C=O) groups excluding carboxylic acids is 1. The first-order valence-electron chi connectivity index (χ1n) is 7.60. The van der Waals surface area contributed by atoms with E-state index in [-0.39, 0.29) is 5.91 Å². The van der Waals surface area contributed by atoms with Crippen LogP contribution in [0.1, 0.15) is 29.0 Å². The highest BCUT2D eigenvalue weighted by molar-refractivity contribution is 8.00. The van der Waals surface area contributed by atoms with E-state index in [1.54, 1.807) is 23.5 Å². The van der Waals surface area contributed by atoms with Crippen molar-refractivity contribution >= 4 is 34.8 Å². The van der Waals surface area contributed by atoms with E-state index in [4.69, 9.17) is 0 Å². The molecule has 1 N–H and O–H groups in total. The van der Waals surface area contributed by atoms with E-state index in [0.717, 1.165) is 28.9 Å². The second-order valence-electron chi connectivity index (χ2n) is 5.27. The van der Waals surface area contributed by atoms with Gasteiger partial charge in [-0.15, -0.1) is 11.3 Å². The summed E-state index contributed by atoms with van der Waals surface area (Å²) in [5, 5.41) is 4.68. The maximum Gasteiger partial charge on any atom is 0.270 e. The van der Waals surface area contributed by atoms with Crippen LogP contribution in [-0.4, -0.2) is 46.7 Å². The standard InChI is InChI=1S/C15H19N5OS2/c1-22-15-19-12(9-23-15)14(21)16-5-4-11-8-13(18-10-17-11)20-6-2-3-7-20/h8-10H,2-7H2,1H3,(H,16,21). The molecule has 1 amide bonds. The molecule has 2 aromatic rings.